The number of esters is 1. The number of carbonyl (C=O) groups excluding carboxylic acids is 1. The summed E-state index contributed by atoms with van der Waals surface area (Å²) in [4.78, 5) is 14.0. The summed E-state index contributed by atoms with van der Waals surface area (Å²) in [5, 5.41) is 18.4. The summed E-state index contributed by atoms with van der Waals surface area (Å²) in [6, 6.07) is 1.40. The summed E-state index contributed by atoms with van der Waals surface area (Å²) in [5.41, 5.74) is -1.74. The van der Waals surface area contributed by atoms with Crippen LogP contribution in [-0.4, -0.2) is 34.4 Å². The van der Waals surface area contributed by atoms with Gasteiger partial charge < -0.3 is 14.9 Å². The average Bonchev–Trinajstić information content (AvgIpc) is 2.34. The number of hydrogen-bond acceptors (Lipinski definition) is 5. The second-order valence-corrected chi connectivity index (χ2v) is 3.91. The minimum absolute atomic E-state index is 0.398. The Morgan fingerprint density at radius 2 is 2.00 bits per heavy atom. The van der Waals surface area contributed by atoms with Crippen LogP contribution >= 0.6 is 11.6 Å². The maximum absolute atomic E-state index is 12.5. The first-order valence-corrected chi connectivity index (χ1v) is 5.23. The number of alkyl halides is 3. The Morgan fingerprint density at radius 1 is 1.42 bits per heavy atom. The van der Waals surface area contributed by atoms with Crippen molar-refractivity contribution in [2.24, 2.45) is 0 Å². The molecule has 1 heterocycles. The minimum atomic E-state index is -4.77. The Kier molecular flexibility index (Phi) is 4.72. The van der Waals surface area contributed by atoms with Gasteiger partial charge in [0.15, 0.2) is 6.10 Å². The number of pyridine rings is 1. The number of carbonyl (C=O) groups is 1. The predicted molar refractivity (Wildman–Crippen MR) is 57.2 cm³/mol. The second-order valence-electron chi connectivity index (χ2n) is 3.52. The molecule has 1 aromatic rings. The number of rotatable bonds is 3. The SMILES string of the molecule is COC(=O)C(O)C(O)c1cc(Cl)nc(C(F)(F)F)c1. The average molecular weight is 300 g/mol. The molecule has 1 rings (SSSR count). The number of aliphatic hydroxyl groups is 2. The molecule has 0 amide bonds. The molecule has 9 heteroatoms. The lowest BCUT2D eigenvalue weighted by molar-refractivity contribution is -0.156. The van der Waals surface area contributed by atoms with E-state index in [1.807, 2.05) is 0 Å². The van der Waals surface area contributed by atoms with Crippen LogP contribution in [0, 0.1) is 0 Å². The molecule has 2 N–H and O–H groups in total. The molecule has 0 radical (unpaired) electrons. The van der Waals surface area contributed by atoms with E-state index >= 15 is 0 Å². The van der Waals surface area contributed by atoms with E-state index in [1.54, 1.807) is 0 Å². The maximum atomic E-state index is 12.5. The van der Waals surface area contributed by atoms with E-state index in [9.17, 15) is 28.2 Å². The molecule has 0 aromatic carbocycles. The van der Waals surface area contributed by atoms with Gasteiger partial charge in [0, 0.05) is 0 Å². The molecule has 0 fully saturated rings. The van der Waals surface area contributed by atoms with Crippen LogP contribution in [0.15, 0.2) is 12.1 Å². The molecule has 2 unspecified atom stereocenters. The maximum Gasteiger partial charge on any atom is 0.433 e. The number of methoxy groups -OCH3 is 1. The molecule has 0 spiro atoms. The Labute approximate surface area is 110 Å². The molecule has 19 heavy (non-hydrogen) atoms. The molecule has 5 nitrogen and oxygen atoms in total. The van der Waals surface area contributed by atoms with Crippen molar-refractivity contribution in [1.82, 2.24) is 4.98 Å². The van der Waals surface area contributed by atoms with Crippen molar-refractivity contribution in [3.63, 3.8) is 0 Å². The fraction of sp³-hybridized carbons (Fsp3) is 0.400. The van der Waals surface area contributed by atoms with E-state index in [-0.39, 0.29) is 0 Å². The predicted octanol–water partition coefficient (Wildman–Crippen LogP) is 1.32. The lowest BCUT2D eigenvalue weighted by Crippen LogP contribution is -2.29. The third-order valence-corrected chi connectivity index (χ3v) is 2.38. The number of ether oxygens (including phenoxy) is 1. The van der Waals surface area contributed by atoms with E-state index < -0.39 is 40.8 Å². The fourth-order valence-corrected chi connectivity index (χ4v) is 1.48. The van der Waals surface area contributed by atoms with Gasteiger partial charge in [-0.3, -0.25) is 0 Å². The molecular weight excluding hydrogens is 291 g/mol. The molecule has 1 aromatic heterocycles. The van der Waals surface area contributed by atoms with Crippen molar-refractivity contribution in [3.8, 4) is 0 Å². The fourth-order valence-electron chi connectivity index (χ4n) is 1.26. The largest absolute Gasteiger partial charge is 0.467 e. The van der Waals surface area contributed by atoms with E-state index in [4.69, 9.17) is 11.6 Å². The Balaban J connectivity index is 3.14. The van der Waals surface area contributed by atoms with Crippen LogP contribution in [0.4, 0.5) is 13.2 Å². The number of aromatic nitrogens is 1. The van der Waals surface area contributed by atoms with Crippen molar-refractivity contribution in [3.05, 3.63) is 28.5 Å². The van der Waals surface area contributed by atoms with Gasteiger partial charge in [0.05, 0.1) is 7.11 Å². The zero-order chi connectivity index (χ0) is 14.8. The van der Waals surface area contributed by atoms with Gasteiger partial charge in [-0.05, 0) is 17.7 Å². The van der Waals surface area contributed by atoms with Gasteiger partial charge in [0.1, 0.15) is 17.0 Å². The second kappa shape index (κ2) is 5.72. The van der Waals surface area contributed by atoms with Crippen LogP contribution in [0.25, 0.3) is 0 Å². The minimum Gasteiger partial charge on any atom is -0.467 e. The zero-order valence-electron chi connectivity index (χ0n) is 9.48. The van der Waals surface area contributed by atoms with Gasteiger partial charge in [-0.1, -0.05) is 11.6 Å². The Hall–Kier alpha value is -1.38. The van der Waals surface area contributed by atoms with E-state index in [1.165, 1.54) is 0 Å². The molecule has 0 bridgehead atoms. The van der Waals surface area contributed by atoms with Crippen LogP contribution in [0.1, 0.15) is 17.4 Å². The van der Waals surface area contributed by atoms with Crippen LogP contribution < -0.4 is 0 Å². The number of nitrogens with zero attached hydrogens (tertiary/aromatic N) is 1. The topological polar surface area (TPSA) is 79.7 Å². The molecule has 0 aliphatic heterocycles. The lowest BCUT2D eigenvalue weighted by Gasteiger charge is -2.17. The van der Waals surface area contributed by atoms with Gasteiger partial charge in [-0.2, -0.15) is 13.2 Å². The van der Waals surface area contributed by atoms with E-state index in [0.717, 1.165) is 13.2 Å². The van der Waals surface area contributed by atoms with Crippen LogP contribution in [-0.2, 0) is 15.7 Å². The van der Waals surface area contributed by atoms with Crippen LogP contribution in [0.5, 0.6) is 0 Å². The molecular formula is C10H9ClF3NO4. The Bertz CT molecular complexity index is 480. The van der Waals surface area contributed by atoms with Crippen molar-refractivity contribution >= 4 is 17.6 Å². The summed E-state index contributed by atoms with van der Waals surface area (Å²) in [6.45, 7) is 0. The molecule has 0 saturated heterocycles. The molecule has 106 valence electrons. The van der Waals surface area contributed by atoms with E-state index in [0.29, 0.717) is 6.07 Å². The smallest absolute Gasteiger partial charge is 0.433 e. The van der Waals surface area contributed by atoms with Gasteiger partial charge in [-0.25, -0.2) is 9.78 Å². The number of halogens is 4. The molecule has 0 aliphatic rings. The first-order chi connectivity index (χ1) is 8.66. The van der Waals surface area contributed by atoms with Crippen molar-refractivity contribution in [1.29, 1.82) is 0 Å². The first kappa shape index (κ1) is 15.7. The number of aliphatic hydroxyl groups excluding tert-OH is 2. The van der Waals surface area contributed by atoms with Crippen molar-refractivity contribution in [2.45, 2.75) is 18.4 Å². The standard InChI is InChI=1S/C10H9ClF3NO4/c1-19-9(18)8(17)7(16)4-2-5(10(12,13)14)15-6(11)3-4/h2-3,7-8,16-17H,1H3. The summed E-state index contributed by atoms with van der Waals surface area (Å²) in [6.07, 6.45) is -8.70. The van der Waals surface area contributed by atoms with Gasteiger partial charge in [0.2, 0.25) is 0 Å². The zero-order valence-corrected chi connectivity index (χ0v) is 10.2. The lowest BCUT2D eigenvalue weighted by atomic mass is 10.0. The van der Waals surface area contributed by atoms with E-state index in [2.05, 4.69) is 9.72 Å². The quantitative estimate of drug-likeness (QED) is 0.650. The van der Waals surface area contributed by atoms with Gasteiger partial charge >= 0.3 is 12.1 Å². The summed E-state index contributed by atoms with van der Waals surface area (Å²) < 4.78 is 41.6. The van der Waals surface area contributed by atoms with Crippen LogP contribution in [0.3, 0.4) is 0 Å². The highest BCUT2D eigenvalue weighted by Crippen LogP contribution is 2.31. The van der Waals surface area contributed by atoms with Crippen molar-refractivity contribution in [2.75, 3.05) is 7.11 Å². The van der Waals surface area contributed by atoms with Crippen LogP contribution in [0.2, 0.25) is 5.15 Å². The summed E-state index contributed by atoms with van der Waals surface area (Å²) in [5.74, 6) is -1.19. The third kappa shape index (κ3) is 3.79. The molecule has 0 aliphatic carbocycles. The summed E-state index contributed by atoms with van der Waals surface area (Å²) in [7, 11) is 0.957. The highest BCUT2D eigenvalue weighted by atomic mass is 35.5. The molecule has 2 atom stereocenters. The van der Waals surface area contributed by atoms with Crippen molar-refractivity contribution < 1.29 is 32.9 Å². The third-order valence-electron chi connectivity index (χ3n) is 2.19. The van der Waals surface area contributed by atoms with Gasteiger partial charge in [-0.15, -0.1) is 0 Å². The van der Waals surface area contributed by atoms with Gasteiger partial charge in [0.25, 0.3) is 0 Å². The normalized spacial score (nSPS) is 14.9. The molecule has 0 saturated carbocycles. The summed E-state index contributed by atoms with van der Waals surface area (Å²) >= 11 is 5.40. The highest BCUT2D eigenvalue weighted by Gasteiger charge is 2.35. The Morgan fingerprint density at radius 3 is 2.47 bits per heavy atom. The number of hydrogen-bond donors (Lipinski definition) is 2. The first-order valence-electron chi connectivity index (χ1n) is 4.85. The highest BCUT2D eigenvalue weighted by molar-refractivity contribution is 6.29. The monoisotopic (exact) mass is 299 g/mol.